The summed E-state index contributed by atoms with van der Waals surface area (Å²) < 4.78 is 5.18. The molecule has 4 nitrogen and oxygen atoms in total. The molecule has 0 aromatic heterocycles. The second-order valence-electron chi connectivity index (χ2n) is 7.06. The molecule has 3 aromatic carbocycles. The van der Waals surface area contributed by atoms with Gasteiger partial charge in [0.1, 0.15) is 5.75 Å². The van der Waals surface area contributed by atoms with Crippen molar-refractivity contribution in [2.75, 3.05) is 7.11 Å². The molecule has 4 rings (SSSR count). The van der Waals surface area contributed by atoms with Gasteiger partial charge < -0.3 is 4.74 Å². The molecular weight excluding hydrogens is 362 g/mol. The van der Waals surface area contributed by atoms with Crippen LogP contribution in [0.25, 0.3) is 11.6 Å². The van der Waals surface area contributed by atoms with E-state index in [1.165, 1.54) is 4.90 Å². The Morgan fingerprint density at radius 3 is 2.14 bits per heavy atom. The minimum absolute atomic E-state index is 0.210. The number of fused-ring (bicyclic) bond motifs is 1. The molecule has 2 amide bonds. The molecule has 1 aliphatic heterocycles. The molecule has 0 unspecified atom stereocenters. The fourth-order valence-electron chi connectivity index (χ4n) is 3.43. The van der Waals surface area contributed by atoms with Gasteiger partial charge in [0.05, 0.1) is 13.7 Å². The number of nitrogens with zero attached hydrogens (tertiary/aromatic N) is 1. The summed E-state index contributed by atoms with van der Waals surface area (Å²) in [4.78, 5) is 27.7. The van der Waals surface area contributed by atoms with Crippen LogP contribution < -0.4 is 4.74 Å². The quantitative estimate of drug-likeness (QED) is 0.483. The lowest BCUT2D eigenvalue weighted by molar-refractivity contribution is -0.123. The van der Waals surface area contributed by atoms with E-state index in [0.717, 1.165) is 22.4 Å². The molecule has 0 radical (unpaired) electrons. The zero-order chi connectivity index (χ0) is 20.4. The zero-order valence-electron chi connectivity index (χ0n) is 16.4. The molecule has 0 aliphatic carbocycles. The maximum absolute atomic E-state index is 13.3. The molecule has 1 aliphatic rings. The van der Waals surface area contributed by atoms with Gasteiger partial charge in [0.2, 0.25) is 0 Å². The standard InChI is InChI=1S/C25H21NO3/c1-17-7-9-18(10-8-17)15-23-21-5-3-4-6-22(21)24(27)26(25(23)28)16-19-11-13-20(29-2)14-12-19/h3-15H,16H2,1-2H3/b23-15+. The molecular formula is C25H21NO3. The highest BCUT2D eigenvalue weighted by atomic mass is 16.5. The predicted octanol–water partition coefficient (Wildman–Crippen LogP) is 4.73. The first-order chi connectivity index (χ1) is 14.1. The van der Waals surface area contributed by atoms with Crippen molar-refractivity contribution in [1.29, 1.82) is 0 Å². The SMILES string of the molecule is COc1ccc(CN2C(=O)/C(=C/c3ccc(C)cc3)c3ccccc3C2=O)cc1. The van der Waals surface area contributed by atoms with Gasteiger partial charge in [-0.05, 0) is 47.9 Å². The number of carbonyl (C=O) groups excluding carboxylic acids is 2. The zero-order valence-corrected chi connectivity index (χ0v) is 16.4. The van der Waals surface area contributed by atoms with Gasteiger partial charge in [-0.3, -0.25) is 14.5 Å². The number of methoxy groups -OCH3 is 1. The molecule has 0 spiro atoms. The lowest BCUT2D eigenvalue weighted by Crippen LogP contribution is -2.41. The number of rotatable bonds is 4. The van der Waals surface area contributed by atoms with E-state index in [0.29, 0.717) is 16.7 Å². The summed E-state index contributed by atoms with van der Waals surface area (Å²) in [5, 5.41) is 0. The third-order valence-corrected chi connectivity index (χ3v) is 5.06. The van der Waals surface area contributed by atoms with E-state index in [4.69, 9.17) is 4.74 Å². The minimum atomic E-state index is -0.287. The number of benzene rings is 3. The number of imide groups is 1. The number of amides is 2. The van der Waals surface area contributed by atoms with E-state index in [9.17, 15) is 9.59 Å². The van der Waals surface area contributed by atoms with E-state index < -0.39 is 0 Å². The van der Waals surface area contributed by atoms with Gasteiger partial charge in [0.15, 0.2) is 0 Å². The molecule has 0 N–H and O–H groups in total. The number of hydrogen-bond acceptors (Lipinski definition) is 3. The van der Waals surface area contributed by atoms with Crippen LogP contribution in [0, 0.1) is 6.92 Å². The van der Waals surface area contributed by atoms with E-state index in [2.05, 4.69) is 0 Å². The monoisotopic (exact) mass is 383 g/mol. The van der Waals surface area contributed by atoms with Crippen molar-refractivity contribution in [3.05, 3.63) is 101 Å². The van der Waals surface area contributed by atoms with E-state index in [-0.39, 0.29) is 18.4 Å². The maximum atomic E-state index is 13.3. The third-order valence-electron chi connectivity index (χ3n) is 5.06. The fourth-order valence-corrected chi connectivity index (χ4v) is 3.43. The lowest BCUT2D eigenvalue weighted by Gasteiger charge is -2.28. The normalized spacial score (nSPS) is 14.8. The largest absolute Gasteiger partial charge is 0.497 e. The molecule has 0 fully saturated rings. The molecule has 0 saturated heterocycles. The van der Waals surface area contributed by atoms with E-state index in [1.54, 1.807) is 13.2 Å². The molecule has 0 atom stereocenters. The molecule has 1 heterocycles. The van der Waals surface area contributed by atoms with Gasteiger partial charge in [-0.25, -0.2) is 0 Å². The van der Waals surface area contributed by atoms with Crippen LogP contribution in [0.4, 0.5) is 0 Å². The van der Waals surface area contributed by atoms with Crippen LogP contribution in [-0.2, 0) is 11.3 Å². The smallest absolute Gasteiger partial charge is 0.261 e. The fraction of sp³-hybridized carbons (Fsp3) is 0.120. The highest BCUT2D eigenvalue weighted by molar-refractivity contribution is 6.33. The second-order valence-corrected chi connectivity index (χ2v) is 7.06. The summed E-state index contributed by atoms with van der Waals surface area (Å²) in [6, 6.07) is 22.6. The van der Waals surface area contributed by atoms with E-state index in [1.807, 2.05) is 79.7 Å². The third kappa shape index (κ3) is 3.69. The van der Waals surface area contributed by atoms with Crippen molar-refractivity contribution >= 4 is 23.5 Å². The highest BCUT2D eigenvalue weighted by Crippen LogP contribution is 2.31. The average molecular weight is 383 g/mol. The Bertz CT molecular complexity index is 1100. The van der Waals surface area contributed by atoms with Crippen LogP contribution in [0.5, 0.6) is 5.75 Å². The van der Waals surface area contributed by atoms with Crippen molar-refractivity contribution in [3.8, 4) is 5.75 Å². The summed E-state index contributed by atoms with van der Waals surface area (Å²) >= 11 is 0. The lowest BCUT2D eigenvalue weighted by atomic mass is 9.91. The summed E-state index contributed by atoms with van der Waals surface area (Å²) in [6.45, 7) is 2.23. The minimum Gasteiger partial charge on any atom is -0.497 e. The Morgan fingerprint density at radius 2 is 1.48 bits per heavy atom. The molecule has 3 aromatic rings. The Hall–Kier alpha value is -3.66. The molecule has 0 saturated carbocycles. The van der Waals surface area contributed by atoms with Gasteiger partial charge in [-0.1, -0.05) is 60.2 Å². The Morgan fingerprint density at radius 1 is 0.828 bits per heavy atom. The average Bonchev–Trinajstić information content (AvgIpc) is 2.76. The summed E-state index contributed by atoms with van der Waals surface area (Å²) in [5.41, 5.74) is 4.68. The van der Waals surface area contributed by atoms with Gasteiger partial charge >= 0.3 is 0 Å². The first kappa shape index (κ1) is 18.7. The maximum Gasteiger partial charge on any atom is 0.261 e. The van der Waals surface area contributed by atoms with Gasteiger partial charge in [-0.15, -0.1) is 0 Å². The van der Waals surface area contributed by atoms with Crippen LogP contribution in [0.15, 0.2) is 72.8 Å². The van der Waals surface area contributed by atoms with Crippen molar-refractivity contribution < 1.29 is 14.3 Å². The van der Waals surface area contributed by atoms with Crippen molar-refractivity contribution in [2.24, 2.45) is 0 Å². The van der Waals surface area contributed by atoms with Crippen LogP contribution in [0.2, 0.25) is 0 Å². The Labute approximate surface area is 170 Å². The van der Waals surface area contributed by atoms with Gasteiger partial charge in [0, 0.05) is 11.1 Å². The van der Waals surface area contributed by atoms with Gasteiger partial charge in [0.25, 0.3) is 11.8 Å². The number of carbonyl (C=O) groups is 2. The number of hydrogen-bond donors (Lipinski definition) is 0. The molecule has 4 heteroatoms. The van der Waals surface area contributed by atoms with Crippen molar-refractivity contribution in [2.45, 2.75) is 13.5 Å². The van der Waals surface area contributed by atoms with E-state index >= 15 is 0 Å². The van der Waals surface area contributed by atoms with Crippen LogP contribution in [-0.4, -0.2) is 23.8 Å². The summed E-state index contributed by atoms with van der Waals surface area (Å²) in [5.74, 6) is 0.169. The summed E-state index contributed by atoms with van der Waals surface area (Å²) in [7, 11) is 1.60. The number of aryl methyl sites for hydroxylation is 1. The van der Waals surface area contributed by atoms with Crippen LogP contribution in [0.1, 0.15) is 32.6 Å². The van der Waals surface area contributed by atoms with Gasteiger partial charge in [-0.2, -0.15) is 0 Å². The predicted molar refractivity (Wildman–Crippen MR) is 113 cm³/mol. The van der Waals surface area contributed by atoms with Crippen molar-refractivity contribution in [1.82, 2.24) is 4.90 Å². The molecule has 29 heavy (non-hydrogen) atoms. The molecule has 144 valence electrons. The molecule has 0 bridgehead atoms. The summed E-state index contributed by atoms with van der Waals surface area (Å²) in [6.07, 6.45) is 1.86. The highest BCUT2D eigenvalue weighted by Gasteiger charge is 2.34. The van der Waals surface area contributed by atoms with Crippen molar-refractivity contribution in [3.63, 3.8) is 0 Å². The first-order valence-electron chi connectivity index (χ1n) is 9.44. The Kier molecular flexibility index (Phi) is 5.00. The first-order valence-corrected chi connectivity index (χ1v) is 9.44. The number of ether oxygens (including phenoxy) is 1. The topological polar surface area (TPSA) is 46.6 Å². The second kappa shape index (κ2) is 7.76. The van der Waals surface area contributed by atoms with Crippen LogP contribution >= 0.6 is 0 Å². The Balaban J connectivity index is 1.75. The van der Waals surface area contributed by atoms with Crippen LogP contribution in [0.3, 0.4) is 0 Å².